The predicted molar refractivity (Wildman–Crippen MR) is 92.3 cm³/mol. The van der Waals surface area contributed by atoms with Crippen molar-refractivity contribution in [3.8, 4) is 0 Å². The maximum atomic E-state index is 13.2. The second-order valence-electron chi connectivity index (χ2n) is 6.83. The van der Waals surface area contributed by atoms with Gasteiger partial charge < -0.3 is 5.32 Å². The number of halogens is 2. The molecule has 2 aromatic rings. The van der Waals surface area contributed by atoms with Crippen molar-refractivity contribution >= 4 is 11.7 Å². The summed E-state index contributed by atoms with van der Waals surface area (Å²) in [5.74, 6) is -1.27. The third-order valence-electron chi connectivity index (χ3n) is 5.15. The van der Waals surface area contributed by atoms with Gasteiger partial charge in [0.1, 0.15) is 11.6 Å². The molecule has 26 heavy (non-hydrogen) atoms. The van der Waals surface area contributed by atoms with E-state index in [0.717, 1.165) is 11.1 Å². The summed E-state index contributed by atoms with van der Waals surface area (Å²) in [7, 11) is 0. The molecule has 0 radical (unpaired) electrons. The summed E-state index contributed by atoms with van der Waals surface area (Å²) in [6.45, 7) is 0. The number of allylic oxidation sites excluding steroid dienone is 2. The van der Waals surface area contributed by atoms with Crippen LogP contribution in [0.1, 0.15) is 42.2 Å². The largest absolute Gasteiger partial charge is 0.329 e. The molecule has 1 heterocycles. The van der Waals surface area contributed by atoms with Crippen LogP contribution in [0.25, 0.3) is 0 Å². The van der Waals surface area contributed by atoms with Crippen LogP contribution in [-0.4, -0.2) is 11.7 Å². The van der Waals surface area contributed by atoms with Crippen molar-refractivity contribution in [1.29, 1.82) is 0 Å². The van der Waals surface area contributed by atoms with Gasteiger partial charge in [0.25, 0.3) is 0 Å². The van der Waals surface area contributed by atoms with E-state index < -0.39 is 0 Å². The van der Waals surface area contributed by atoms with Crippen molar-refractivity contribution in [3.05, 3.63) is 82.6 Å². The summed E-state index contributed by atoms with van der Waals surface area (Å²) in [5, 5.41) is 2.84. The topological polar surface area (TPSA) is 46.2 Å². The summed E-state index contributed by atoms with van der Waals surface area (Å²) < 4.78 is 26.4. The lowest BCUT2D eigenvalue weighted by molar-refractivity contribution is -0.122. The lowest BCUT2D eigenvalue weighted by Crippen LogP contribution is -2.38. The maximum absolute atomic E-state index is 13.2. The molecule has 0 fully saturated rings. The summed E-state index contributed by atoms with van der Waals surface area (Å²) in [4.78, 5) is 25.1. The average Bonchev–Trinajstić information content (AvgIpc) is 2.62. The molecular formula is C21H17F2NO2. The van der Waals surface area contributed by atoms with E-state index in [1.165, 1.54) is 24.3 Å². The van der Waals surface area contributed by atoms with Crippen LogP contribution in [0.5, 0.6) is 0 Å². The van der Waals surface area contributed by atoms with Crippen molar-refractivity contribution < 1.29 is 18.4 Å². The Morgan fingerprint density at radius 2 is 1.35 bits per heavy atom. The second kappa shape index (κ2) is 6.48. The van der Waals surface area contributed by atoms with Crippen LogP contribution in [-0.2, 0) is 9.59 Å². The number of benzene rings is 2. The molecule has 1 aliphatic heterocycles. The number of ketones is 1. The lowest BCUT2D eigenvalue weighted by Gasteiger charge is -2.34. The minimum absolute atomic E-state index is 0.0186. The molecule has 5 heteroatoms. The molecule has 1 N–H and O–H groups in total. The van der Waals surface area contributed by atoms with Gasteiger partial charge >= 0.3 is 0 Å². The molecule has 0 spiro atoms. The molecule has 0 bridgehead atoms. The molecular weight excluding hydrogens is 336 g/mol. The van der Waals surface area contributed by atoms with E-state index in [2.05, 4.69) is 5.32 Å². The van der Waals surface area contributed by atoms with Crippen molar-refractivity contribution in [2.24, 2.45) is 0 Å². The number of amides is 1. The van der Waals surface area contributed by atoms with Crippen LogP contribution in [0, 0.1) is 11.6 Å². The molecule has 0 aromatic heterocycles. The highest BCUT2D eigenvalue weighted by Crippen LogP contribution is 2.42. The normalized spacial score (nSPS) is 22.8. The average molecular weight is 353 g/mol. The van der Waals surface area contributed by atoms with Crippen LogP contribution in [0.3, 0.4) is 0 Å². The van der Waals surface area contributed by atoms with Gasteiger partial charge in [-0.15, -0.1) is 0 Å². The second-order valence-corrected chi connectivity index (χ2v) is 6.83. The fraction of sp³-hybridized carbons (Fsp3) is 0.238. The summed E-state index contributed by atoms with van der Waals surface area (Å²) in [6.07, 6.45) is 1.02. The monoisotopic (exact) mass is 353 g/mol. The maximum Gasteiger partial charge on any atom is 0.225 e. The van der Waals surface area contributed by atoms with Crippen LogP contribution in [0.15, 0.2) is 59.8 Å². The van der Waals surface area contributed by atoms with Crippen LogP contribution in [0.2, 0.25) is 0 Å². The van der Waals surface area contributed by atoms with Crippen LogP contribution >= 0.6 is 0 Å². The molecule has 1 amide bonds. The van der Waals surface area contributed by atoms with E-state index in [1.54, 1.807) is 24.3 Å². The van der Waals surface area contributed by atoms with Crippen molar-refractivity contribution in [3.63, 3.8) is 0 Å². The first-order valence-electron chi connectivity index (χ1n) is 8.58. The van der Waals surface area contributed by atoms with Crippen molar-refractivity contribution in [1.82, 2.24) is 5.32 Å². The van der Waals surface area contributed by atoms with Gasteiger partial charge in [-0.25, -0.2) is 8.78 Å². The Balaban J connectivity index is 1.70. The summed E-state index contributed by atoms with van der Waals surface area (Å²) in [5.41, 5.74) is 2.91. The lowest BCUT2D eigenvalue weighted by atomic mass is 9.73. The SMILES string of the molecule is O=C1C[C@@H](c2ccc(F)cc2)C2=C(C[C@H](c3ccc(F)cc3)CC2=O)N1. The number of carbonyl (C=O) groups excluding carboxylic acids is 2. The van der Waals surface area contributed by atoms with Crippen molar-refractivity contribution in [2.45, 2.75) is 31.1 Å². The van der Waals surface area contributed by atoms with E-state index in [4.69, 9.17) is 0 Å². The highest BCUT2D eigenvalue weighted by atomic mass is 19.1. The van der Waals surface area contributed by atoms with Gasteiger partial charge in [-0.1, -0.05) is 24.3 Å². The smallest absolute Gasteiger partial charge is 0.225 e. The first-order chi connectivity index (χ1) is 12.5. The molecule has 0 unspecified atom stereocenters. The van der Waals surface area contributed by atoms with E-state index in [0.29, 0.717) is 24.1 Å². The first kappa shape index (κ1) is 16.6. The van der Waals surface area contributed by atoms with E-state index >= 15 is 0 Å². The van der Waals surface area contributed by atoms with Gasteiger partial charge in [0.2, 0.25) is 5.91 Å². The Hall–Kier alpha value is -2.82. The summed E-state index contributed by atoms with van der Waals surface area (Å²) >= 11 is 0. The van der Waals surface area contributed by atoms with Crippen LogP contribution in [0.4, 0.5) is 8.78 Å². The standard InChI is InChI=1S/C21H17F2NO2/c22-15-5-1-12(2-6-15)14-9-18-21(19(25)10-14)17(11-20(26)24-18)13-3-7-16(23)8-4-13/h1-8,14,17H,9-11H2,(H,24,26)/t14-,17-/m0/s1. The molecule has 2 atom stereocenters. The van der Waals surface area contributed by atoms with Gasteiger partial charge in [0.05, 0.1) is 0 Å². The third-order valence-corrected chi connectivity index (χ3v) is 5.15. The van der Waals surface area contributed by atoms with Crippen molar-refractivity contribution in [2.75, 3.05) is 0 Å². The van der Waals surface area contributed by atoms with Gasteiger partial charge in [-0.2, -0.15) is 0 Å². The Morgan fingerprint density at radius 1 is 0.769 bits per heavy atom. The molecule has 1 aliphatic carbocycles. The molecule has 0 saturated heterocycles. The molecule has 0 saturated carbocycles. The molecule has 2 aromatic carbocycles. The number of hydrogen-bond donors (Lipinski definition) is 1. The first-order valence-corrected chi connectivity index (χ1v) is 8.58. The Morgan fingerprint density at radius 3 is 1.96 bits per heavy atom. The zero-order chi connectivity index (χ0) is 18.3. The Bertz CT molecular complexity index is 901. The zero-order valence-electron chi connectivity index (χ0n) is 14.0. The molecule has 2 aliphatic rings. The van der Waals surface area contributed by atoms with E-state index in [1.807, 2.05) is 0 Å². The minimum Gasteiger partial charge on any atom is -0.329 e. The van der Waals surface area contributed by atoms with Gasteiger partial charge in [0.15, 0.2) is 5.78 Å². The minimum atomic E-state index is -0.352. The van der Waals surface area contributed by atoms with Gasteiger partial charge in [0, 0.05) is 30.0 Å². The predicted octanol–water partition coefficient (Wildman–Crippen LogP) is 3.97. The fourth-order valence-electron chi connectivity index (χ4n) is 3.91. The molecule has 4 rings (SSSR count). The quantitative estimate of drug-likeness (QED) is 0.888. The number of rotatable bonds is 2. The number of carbonyl (C=O) groups is 2. The Kier molecular flexibility index (Phi) is 4.15. The van der Waals surface area contributed by atoms with Gasteiger partial charge in [-0.05, 0) is 47.7 Å². The third kappa shape index (κ3) is 3.05. The van der Waals surface area contributed by atoms with E-state index in [9.17, 15) is 18.4 Å². The van der Waals surface area contributed by atoms with Crippen LogP contribution < -0.4 is 5.32 Å². The number of hydrogen-bond acceptors (Lipinski definition) is 2. The highest BCUT2D eigenvalue weighted by Gasteiger charge is 2.38. The Labute approximate surface area is 149 Å². The fourth-order valence-corrected chi connectivity index (χ4v) is 3.91. The summed E-state index contributed by atoms with van der Waals surface area (Å²) in [6, 6.07) is 12.1. The van der Waals surface area contributed by atoms with E-state index in [-0.39, 0.29) is 41.6 Å². The number of Topliss-reactive ketones (excluding diaryl/α,β-unsaturated/α-hetero) is 1. The zero-order valence-corrected chi connectivity index (χ0v) is 14.0. The molecule has 132 valence electrons. The number of nitrogens with one attached hydrogen (secondary N) is 1. The van der Waals surface area contributed by atoms with Gasteiger partial charge in [-0.3, -0.25) is 9.59 Å². The molecule has 3 nitrogen and oxygen atoms in total. The highest BCUT2D eigenvalue weighted by molar-refractivity contribution is 6.02.